The molecule has 1 aliphatic rings. The average Bonchev–Trinajstić information content (AvgIpc) is 3.36. The number of benzene rings is 2. The quantitative estimate of drug-likeness (QED) is 0.595. The molecule has 4 rings (SSSR count). The van der Waals surface area contributed by atoms with Crippen LogP contribution in [0.4, 0.5) is 0 Å². The van der Waals surface area contributed by atoms with Crippen molar-refractivity contribution in [1.29, 1.82) is 0 Å². The van der Waals surface area contributed by atoms with E-state index in [9.17, 15) is 13.2 Å². The van der Waals surface area contributed by atoms with Gasteiger partial charge in [-0.05, 0) is 51.0 Å². The first-order valence-corrected chi connectivity index (χ1v) is 12.1. The van der Waals surface area contributed by atoms with Gasteiger partial charge < -0.3 is 0 Å². The zero-order valence-corrected chi connectivity index (χ0v) is 18.5. The lowest BCUT2D eigenvalue weighted by Gasteiger charge is -2.23. The molecule has 0 radical (unpaired) electrons. The van der Waals surface area contributed by atoms with Gasteiger partial charge in [0.25, 0.3) is 5.91 Å². The number of rotatable bonds is 5. The van der Waals surface area contributed by atoms with Crippen LogP contribution in [0.3, 0.4) is 0 Å². The molecule has 0 aliphatic carbocycles. The lowest BCUT2D eigenvalue weighted by atomic mass is 10.2. The Morgan fingerprint density at radius 3 is 2.33 bits per heavy atom. The van der Waals surface area contributed by atoms with Gasteiger partial charge in [-0.2, -0.15) is 9.40 Å². The number of carbonyl (C=O) groups is 1. The van der Waals surface area contributed by atoms with Gasteiger partial charge in [0.05, 0.1) is 21.2 Å². The van der Waals surface area contributed by atoms with Crippen molar-refractivity contribution in [2.45, 2.75) is 47.4 Å². The van der Waals surface area contributed by atoms with Crippen molar-refractivity contribution in [2.75, 3.05) is 6.54 Å². The topological polar surface area (TPSA) is 72.3 Å². The molecule has 1 aromatic heterocycles. The van der Waals surface area contributed by atoms with Crippen LogP contribution in [0.25, 0.3) is 0 Å². The largest absolute Gasteiger partial charge is 0.271 e. The molecule has 0 amide bonds. The molecule has 1 aliphatic heterocycles. The molecule has 1 fully saturated rings. The zero-order chi connectivity index (χ0) is 21.3. The molecule has 0 unspecified atom stereocenters. The number of hydrogen-bond donors (Lipinski definition) is 0. The molecular weight excluding hydrogens is 418 g/mol. The summed E-state index contributed by atoms with van der Waals surface area (Å²) in [7, 11) is -3.74. The van der Waals surface area contributed by atoms with Crippen molar-refractivity contribution in [3.8, 4) is 0 Å². The van der Waals surface area contributed by atoms with Gasteiger partial charge in [-0.25, -0.2) is 13.1 Å². The summed E-state index contributed by atoms with van der Waals surface area (Å²) in [5.41, 5.74) is 1.49. The number of aryl methyl sites for hydroxylation is 1. The number of hydrogen-bond acceptors (Lipinski definition) is 5. The van der Waals surface area contributed by atoms with Gasteiger partial charge in [-0.15, -0.1) is 0 Å². The molecule has 1 saturated heterocycles. The molecule has 156 valence electrons. The van der Waals surface area contributed by atoms with E-state index in [1.165, 1.54) is 8.99 Å². The van der Waals surface area contributed by atoms with Crippen molar-refractivity contribution in [3.63, 3.8) is 0 Å². The van der Waals surface area contributed by atoms with Crippen LogP contribution in [0, 0.1) is 13.8 Å². The van der Waals surface area contributed by atoms with Crippen LogP contribution in [-0.2, 0) is 10.0 Å². The fourth-order valence-corrected chi connectivity index (χ4v) is 6.36. The molecule has 0 spiro atoms. The Morgan fingerprint density at radius 1 is 1.03 bits per heavy atom. The third-order valence-electron chi connectivity index (χ3n) is 5.24. The first-order valence-electron chi connectivity index (χ1n) is 9.80. The summed E-state index contributed by atoms with van der Waals surface area (Å²) in [4.78, 5) is 15.5. The number of sulfonamides is 1. The van der Waals surface area contributed by atoms with Crippen molar-refractivity contribution in [1.82, 2.24) is 14.1 Å². The molecular formula is C22H23N3O3S2. The smallest absolute Gasteiger partial charge is 0.265 e. The monoisotopic (exact) mass is 441 g/mol. The fourth-order valence-electron chi connectivity index (χ4n) is 3.74. The van der Waals surface area contributed by atoms with Crippen LogP contribution in [0.2, 0.25) is 0 Å². The highest BCUT2D eigenvalue weighted by Gasteiger charge is 2.40. The van der Waals surface area contributed by atoms with Crippen LogP contribution >= 0.6 is 11.8 Å². The Balaban J connectivity index is 1.64. The minimum Gasteiger partial charge on any atom is -0.271 e. The highest BCUT2D eigenvalue weighted by Crippen LogP contribution is 2.34. The average molecular weight is 442 g/mol. The summed E-state index contributed by atoms with van der Waals surface area (Å²) < 4.78 is 28.9. The van der Waals surface area contributed by atoms with Gasteiger partial charge >= 0.3 is 0 Å². The molecule has 30 heavy (non-hydrogen) atoms. The number of aromatic nitrogens is 2. The van der Waals surface area contributed by atoms with Crippen molar-refractivity contribution in [2.24, 2.45) is 0 Å². The number of carbonyl (C=O) groups excluding carboxylic acids is 1. The second-order valence-electron chi connectivity index (χ2n) is 7.25. The maximum Gasteiger partial charge on any atom is 0.265 e. The van der Waals surface area contributed by atoms with Gasteiger partial charge in [-0.1, -0.05) is 48.2 Å². The molecule has 2 heterocycles. The fraction of sp³-hybridized carbons (Fsp3) is 0.273. The van der Waals surface area contributed by atoms with E-state index < -0.39 is 16.1 Å². The first kappa shape index (κ1) is 20.8. The van der Waals surface area contributed by atoms with Crippen LogP contribution in [-0.4, -0.2) is 41.0 Å². The van der Waals surface area contributed by atoms with Gasteiger partial charge in [-0.3, -0.25) is 4.79 Å². The van der Waals surface area contributed by atoms with Crippen molar-refractivity contribution >= 4 is 27.7 Å². The molecule has 0 N–H and O–H groups in total. The molecule has 2 aromatic carbocycles. The molecule has 6 nitrogen and oxygen atoms in total. The lowest BCUT2D eigenvalue weighted by Crippen LogP contribution is -2.43. The molecule has 3 aromatic rings. The van der Waals surface area contributed by atoms with Crippen molar-refractivity contribution in [3.05, 3.63) is 72.1 Å². The van der Waals surface area contributed by atoms with E-state index in [1.807, 2.05) is 44.2 Å². The molecule has 1 atom stereocenters. The van der Waals surface area contributed by atoms with Crippen LogP contribution in [0.1, 0.15) is 29.0 Å². The first-order chi connectivity index (χ1) is 14.4. The van der Waals surface area contributed by atoms with E-state index in [0.717, 1.165) is 21.2 Å². The maximum atomic E-state index is 13.4. The summed E-state index contributed by atoms with van der Waals surface area (Å²) in [6, 6.07) is 17.4. The number of nitrogens with zero attached hydrogens (tertiary/aromatic N) is 3. The Labute approximate surface area is 181 Å². The summed E-state index contributed by atoms with van der Waals surface area (Å²) in [5.74, 6) is -0.299. The van der Waals surface area contributed by atoms with Gasteiger partial charge in [0, 0.05) is 11.4 Å². The zero-order valence-electron chi connectivity index (χ0n) is 16.9. The van der Waals surface area contributed by atoms with E-state index in [2.05, 4.69) is 5.10 Å². The van der Waals surface area contributed by atoms with Crippen molar-refractivity contribution < 1.29 is 13.2 Å². The van der Waals surface area contributed by atoms with Gasteiger partial charge in [0.15, 0.2) is 0 Å². The molecule has 8 heteroatoms. The van der Waals surface area contributed by atoms with E-state index >= 15 is 0 Å². The summed E-state index contributed by atoms with van der Waals surface area (Å²) in [6.07, 6.45) is 1.14. The Kier molecular flexibility index (Phi) is 5.81. The SMILES string of the molecule is Cc1nn(C(=O)[C@@H]2CCCN2S(=O)(=O)c2ccccc2)c(C)c1Sc1ccccc1. The van der Waals surface area contributed by atoms with E-state index in [-0.39, 0.29) is 10.8 Å². The standard InChI is InChI=1S/C22H23N3O3S2/c1-16-21(29-18-10-5-3-6-11-18)17(2)25(23-16)22(26)20-14-9-15-24(20)30(27,28)19-12-7-4-8-13-19/h3-8,10-13,20H,9,14-15H2,1-2H3/t20-/m0/s1. The third-order valence-corrected chi connectivity index (χ3v) is 8.46. The molecule has 0 saturated carbocycles. The minimum atomic E-state index is -3.74. The Hall–Kier alpha value is -2.42. The highest BCUT2D eigenvalue weighted by molar-refractivity contribution is 7.99. The van der Waals surface area contributed by atoms with Gasteiger partial charge in [0.1, 0.15) is 6.04 Å². The highest BCUT2D eigenvalue weighted by atomic mass is 32.2. The maximum absolute atomic E-state index is 13.4. The van der Waals surface area contributed by atoms with Crippen LogP contribution in [0.15, 0.2) is 75.4 Å². The van der Waals surface area contributed by atoms with E-state index in [1.54, 1.807) is 42.1 Å². The summed E-state index contributed by atoms with van der Waals surface area (Å²) in [6.45, 7) is 4.06. The second kappa shape index (κ2) is 8.37. The minimum absolute atomic E-state index is 0.207. The lowest BCUT2D eigenvalue weighted by molar-refractivity contribution is 0.0813. The van der Waals surface area contributed by atoms with E-state index in [0.29, 0.717) is 19.4 Å². The second-order valence-corrected chi connectivity index (χ2v) is 10.2. The summed E-state index contributed by atoms with van der Waals surface area (Å²) in [5, 5.41) is 4.46. The van der Waals surface area contributed by atoms with Crippen LogP contribution < -0.4 is 0 Å². The predicted octanol–water partition coefficient (Wildman–Crippen LogP) is 4.14. The predicted molar refractivity (Wildman–Crippen MR) is 116 cm³/mol. The molecule has 0 bridgehead atoms. The Morgan fingerprint density at radius 2 is 1.67 bits per heavy atom. The third kappa shape index (κ3) is 3.82. The van der Waals surface area contributed by atoms with Crippen LogP contribution in [0.5, 0.6) is 0 Å². The summed E-state index contributed by atoms with van der Waals surface area (Å²) >= 11 is 1.56. The Bertz CT molecular complexity index is 1160. The van der Waals surface area contributed by atoms with E-state index in [4.69, 9.17) is 0 Å². The van der Waals surface area contributed by atoms with Gasteiger partial charge in [0.2, 0.25) is 10.0 Å². The normalized spacial score (nSPS) is 17.3.